The number of hydrogen-bond donors (Lipinski definition) is 1. The van der Waals surface area contributed by atoms with Crippen molar-refractivity contribution in [3.05, 3.63) is 24.3 Å². The van der Waals surface area contributed by atoms with Crippen LogP contribution in [0.1, 0.15) is 251 Å². The summed E-state index contributed by atoms with van der Waals surface area (Å²) < 4.78 is 5.96. The lowest BCUT2D eigenvalue weighted by atomic mass is 10.0. The van der Waals surface area contributed by atoms with Crippen molar-refractivity contribution in [3.63, 3.8) is 0 Å². The van der Waals surface area contributed by atoms with E-state index in [0.29, 0.717) is 12.8 Å². The highest BCUT2D eigenvalue weighted by atomic mass is 16.5. The molecule has 0 saturated carbocycles. The molecule has 0 saturated heterocycles. The van der Waals surface area contributed by atoms with Crippen molar-refractivity contribution in [3.8, 4) is 0 Å². The summed E-state index contributed by atoms with van der Waals surface area (Å²) in [6, 6.07) is 0. The average molecular weight is 703 g/mol. The molecule has 0 rings (SSSR count). The molecule has 0 heterocycles. The van der Waals surface area contributed by atoms with Gasteiger partial charge in [0.25, 0.3) is 0 Å². The summed E-state index contributed by atoms with van der Waals surface area (Å²) in [5.41, 5.74) is 0. The summed E-state index contributed by atoms with van der Waals surface area (Å²) in [4.78, 5) is 23.1. The molecular weight excluding hydrogens is 617 g/mol. The number of unbranched alkanes of at least 4 members (excludes halogenated alkanes) is 28. The number of esters is 1. The Hall–Kier alpha value is -1.58. The first-order valence-electron chi connectivity index (χ1n) is 22.3. The maximum Gasteiger partial charge on any atom is 0.306 e. The van der Waals surface area contributed by atoms with E-state index in [9.17, 15) is 9.59 Å². The standard InChI is InChI=1S/C46H86O4/c1-3-5-7-8-9-10-11-12-13-14-15-16-21-24-27-30-33-36-39-43-46(49)50-44(40-6-4-2)41-37-34-31-28-25-22-19-17-18-20-23-26-29-32-35-38-42-45(47)48/h9-10,12-13,44H,3-8,11,14-43H2,1-2H3,(H,47,48)/b10-9-,13-12-. The van der Waals surface area contributed by atoms with Crippen LogP contribution in [-0.4, -0.2) is 23.1 Å². The van der Waals surface area contributed by atoms with Crippen molar-refractivity contribution in [2.45, 2.75) is 258 Å². The first-order valence-corrected chi connectivity index (χ1v) is 22.3. The quantitative estimate of drug-likeness (QED) is 0.0391. The molecule has 0 aliphatic carbocycles. The van der Waals surface area contributed by atoms with Gasteiger partial charge in [-0.05, 0) is 64.2 Å². The molecule has 0 radical (unpaired) electrons. The molecule has 50 heavy (non-hydrogen) atoms. The third-order valence-corrected chi connectivity index (χ3v) is 10.2. The molecule has 0 aromatic heterocycles. The second-order valence-electron chi connectivity index (χ2n) is 15.2. The third kappa shape index (κ3) is 40.8. The van der Waals surface area contributed by atoms with Gasteiger partial charge in [0.05, 0.1) is 0 Å². The molecule has 1 N–H and O–H groups in total. The van der Waals surface area contributed by atoms with E-state index < -0.39 is 5.97 Å². The first-order chi connectivity index (χ1) is 24.6. The molecule has 0 aliphatic rings. The van der Waals surface area contributed by atoms with Crippen LogP contribution in [0.15, 0.2) is 24.3 Å². The topological polar surface area (TPSA) is 63.6 Å². The molecule has 1 unspecified atom stereocenters. The molecule has 0 amide bonds. The molecule has 4 nitrogen and oxygen atoms in total. The van der Waals surface area contributed by atoms with Crippen molar-refractivity contribution in [1.82, 2.24) is 0 Å². The summed E-state index contributed by atoms with van der Waals surface area (Å²) in [7, 11) is 0. The SMILES string of the molecule is CCCCC/C=C\C/C=C\CCCCCCCCCCCC(=O)OC(CCCC)CCCCCCCCCCCCCCCCCCC(=O)O. The predicted molar refractivity (Wildman–Crippen MR) is 218 cm³/mol. The Morgan fingerprint density at radius 2 is 0.800 bits per heavy atom. The highest BCUT2D eigenvalue weighted by Crippen LogP contribution is 2.18. The van der Waals surface area contributed by atoms with E-state index in [1.54, 1.807) is 0 Å². The van der Waals surface area contributed by atoms with Gasteiger partial charge >= 0.3 is 11.9 Å². The van der Waals surface area contributed by atoms with Crippen LogP contribution < -0.4 is 0 Å². The molecule has 0 bridgehead atoms. The maximum absolute atomic E-state index is 12.6. The van der Waals surface area contributed by atoms with E-state index in [2.05, 4.69) is 38.2 Å². The van der Waals surface area contributed by atoms with Crippen LogP contribution in [-0.2, 0) is 14.3 Å². The molecule has 0 fully saturated rings. The van der Waals surface area contributed by atoms with Gasteiger partial charge < -0.3 is 9.84 Å². The molecule has 0 aromatic carbocycles. The molecular formula is C46H86O4. The Kier molecular flexibility index (Phi) is 40.5. The fraction of sp³-hybridized carbons (Fsp3) is 0.870. The summed E-state index contributed by atoms with van der Waals surface area (Å²) in [6.45, 7) is 4.48. The van der Waals surface area contributed by atoms with Gasteiger partial charge in [-0.25, -0.2) is 0 Å². The number of carbonyl (C=O) groups excluding carboxylic acids is 1. The normalized spacial score (nSPS) is 12.4. The Morgan fingerprint density at radius 3 is 1.24 bits per heavy atom. The molecule has 1 atom stereocenters. The lowest BCUT2D eigenvalue weighted by molar-refractivity contribution is -0.150. The zero-order chi connectivity index (χ0) is 36.4. The zero-order valence-electron chi connectivity index (χ0n) is 33.7. The number of carboxylic acid groups (broad SMARTS) is 1. The van der Waals surface area contributed by atoms with E-state index in [1.165, 1.54) is 173 Å². The van der Waals surface area contributed by atoms with Gasteiger partial charge in [-0.3, -0.25) is 9.59 Å². The molecule has 0 spiro atoms. The monoisotopic (exact) mass is 703 g/mol. The van der Waals surface area contributed by atoms with Crippen LogP contribution >= 0.6 is 0 Å². The van der Waals surface area contributed by atoms with Crippen LogP contribution in [0.3, 0.4) is 0 Å². The molecule has 4 heteroatoms. The summed E-state index contributed by atoms with van der Waals surface area (Å²) in [5.74, 6) is -0.624. The fourth-order valence-corrected chi connectivity index (χ4v) is 6.85. The van der Waals surface area contributed by atoms with Gasteiger partial charge in [0, 0.05) is 12.8 Å². The van der Waals surface area contributed by atoms with E-state index in [4.69, 9.17) is 9.84 Å². The first kappa shape index (κ1) is 48.4. The minimum atomic E-state index is -0.662. The average Bonchev–Trinajstić information content (AvgIpc) is 3.10. The van der Waals surface area contributed by atoms with Crippen molar-refractivity contribution in [2.75, 3.05) is 0 Å². The van der Waals surface area contributed by atoms with E-state index >= 15 is 0 Å². The Labute approximate surface area is 312 Å². The fourth-order valence-electron chi connectivity index (χ4n) is 6.85. The smallest absolute Gasteiger partial charge is 0.306 e. The number of carbonyl (C=O) groups is 2. The van der Waals surface area contributed by atoms with Crippen molar-refractivity contribution >= 4 is 11.9 Å². The van der Waals surface area contributed by atoms with Crippen molar-refractivity contribution < 1.29 is 19.4 Å². The maximum atomic E-state index is 12.6. The van der Waals surface area contributed by atoms with Gasteiger partial charge in [0.15, 0.2) is 0 Å². The summed E-state index contributed by atoms with van der Waals surface area (Å²) in [6.07, 6.45) is 54.1. The zero-order valence-corrected chi connectivity index (χ0v) is 33.7. The second-order valence-corrected chi connectivity index (χ2v) is 15.2. The van der Waals surface area contributed by atoms with E-state index in [1.807, 2.05) is 0 Å². The number of ether oxygens (including phenoxy) is 1. The van der Waals surface area contributed by atoms with E-state index in [0.717, 1.165) is 51.4 Å². The molecule has 294 valence electrons. The summed E-state index contributed by atoms with van der Waals surface area (Å²) in [5, 5.41) is 8.67. The van der Waals surface area contributed by atoms with Crippen LogP contribution in [0.4, 0.5) is 0 Å². The second kappa shape index (κ2) is 41.8. The van der Waals surface area contributed by atoms with Gasteiger partial charge in [-0.2, -0.15) is 0 Å². The number of carboxylic acids is 1. The van der Waals surface area contributed by atoms with Crippen LogP contribution in [0.2, 0.25) is 0 Å². The minimum Gasteiger partial charge on any atom is -0.481 e. The molecule has 0 aliphatic heterocycles. The molecule has 0 aromatic rings. The largest absolute Gasteiger partial charge is 0.481 e. The number of hydrogen-bond acceptors (Lipinski definition) is 3. The van der Waals surface area contributed by atoms with Crippen LogP contribution in [0.5, 0.6) is 0 Å². The van der Waals surface area contributed by atoms with Crippen LogP contribution in [0.25, 0.3) is 0 Å². The Bertz CT molecular complexity index is 757. The Morgan fingerprint density at radius 1 is 0.440 bits per heavy atom. The number of aliphatic carboxylic acids is 1. The Balaban J connectivity index is 3.59. The minimum absolute atomic E-state index is 0.0381. The highest BCUT2D eigenvalue weighted by molar-refractivity contribution is 5.69. The van der Waals surface area contributed by atoms with Gasteiger partial charge in [-0.15, -0.1) is 0 Å². The van der Waals surface area contributed by atoms with E-state index in [-0.39, 0.29) is 12.1 Å². The predicted octanol–water partition coefficient (Wildman–Crippen LogP) is 15.6. The van der Waals surface area contributed by atoms with Crippen molar-refractivity contribution in [1.29, 1.82) is 0 Å². The summed E-state index contributed by atoms with van der Waals surface area (Å²) >= 11 is 0. The van der Waals surface area contributed by atoms with Crippen LogP contribution in [0, 0.1) is 0 Å². The van der Waals surface area contributed by atoms with Gasteiger partial charge in [-0.1, -0.05) is 199 Å². The lowest BCUT2D eigenvalue weighted by Gasteiger charge is -2.18. The van der Waals surface area contributed by atoms with Gasteiger partial charge in [0.1, 0.15) is 6.10 Å². The number of allylic oxidation sites excluding steroid dienone is 4. The highest BCUT2D eigenvalue weighted by Gasteiger charge is 2.14. The number of rotatable bonds is 41. The third-order valence-electron chi connectivity index (χ3n) is 10.2. The van der Waals surface area contributed by atoms with Crippen molar-refractivity contribution in [2.24, 2.45) is 0 Å². The van der Waals surface area contributed by atoms with Gasteiger partial charge in [0.2, 0.25) is 0 Å². The lowest BCUT2D eigenvalue weighted by Crippen LogP contribution is -2.18.